The van der Waals surface area contributed by atoms with Gasteiger partial charge >= 0.3 is 18.0 Å². The molecule has 11 nitrogen and oxygen atoms in total. The zero-order chi connectivity index (χ0) is 19.2. The molecule has 1 atom stereocenters. The van der Waals surface area contributed by atoms with E-state index in [1.807, 2.05) is 0 Å². The minimum atomic E-state index is -1.28. The number of carboxylic acid groups (broad SMARTS) is 2. The van der Waals surface area contributed by atoms with Gasteiger partial charge < -0.3 is 41.3 Å². The van der Waals surface area contributed by atoms with Crippen molar-refractivity contribution >= 4 is 18.0 Å². The molecule has 0 aromatic carbocycles. The van der Waals surface area contributed by atoms with E-state index in [-0.39, 0.29) is 19.4 Å². The second kappa shape index (κ2) is 13.5. The number of carboxylic acids is 2. The Labute approximate surface area is 139 Å². The molecule has 8 N–H and O–H groups in total. The Morgan fingerprint density at radius 3 is 1.92 bits per heavy atom. The minimum absolute atomic E-state index is 0.175. The van der Waals surface area contributed by atoms with Crippen molar-refractivity contribution in [2.24, 2.45) is 5.73 Å². The second-order valence-corrected chi connectivity index (χ2v) is 4.94. The summed E-state index contributed by atoms with van der Waals surface area (Å²) in [5.74, 6) is -2.40. The second-order valence-electron chi connectivity index (χ2n) is 4.94. The van der Waals surface area contributed by atoms with E-state index in [0.29, 0.717) is 6.42 Å². The molecular weight excluding hydrogens is 328 g/mol. The number of aliphatic hydroxyl groups excluding tert-OH is 3. The molecular formula is C13H26N2O9. The zero-order valence-electron chi connectivity index (χ0n) is 13.5. The largest absolute Gasteiger partial charge is 0.481 e. The van der Waals surface area contributed by atoms with Gasteiger partial charge in [0.25, 0.3) is 0 Å². The van der Waals surface area contributed by atoms with Crippen LogP contribution in [0.3, 0.4) is 0 Å². The van der Waals surface area contributed by atoms with Crippen LogP contribution in [0.1, 0.15) is 26.2 Å². The number of hydrogen-bond donors (Lipinski definition) is 7. The number of ether oxygens (including phenoxy) is 1. The molecule has 1 amide bonds. The van der Waals surface area contributed by atoms with Crippen molar-refractivity contribution in [2.45, 2.75) is 37.8 Å². The zero-order valence-corrected chi connectivity index (χ0v) is 13.5. The number of hydrogen-bond acceptors (Lipinski definition) is 8. The summed E-state index contributed by atoms with van der Waals surface area (Å²) >= 11 is 0. The summed E-state index contributed by atoms with van der Waals surface area (Å²) in [7, 11) is 0. The molecule has 0 bridgehead atoms. The number of rotatable bonds is 10. The molecule has 0 aliphatic carbocycles. The Balaban J connectivity index is 0. The number of aliphatic carboxylic acids is 2. The van der Waals surface area contributed by atoms with Crippen LogP contribution in [0.25, 0.3) is 0 Å². The molecule has 0 fully saturated rings. The first-order valence-electron chi connectivity index (χ1n) is 7.15. The molecule has 0 unspecified atom stereocenters. The smallest absolute Gasteiger partial charge is 0.407 e. The average molecular weight is 354 g/mol. The lowest BCUT2D eigenvalue weighted by Crippen LogP contribution is -2.50. The number of carbonyl (C=O) groups is 3. The summed E-state index contributed by atoms with van der Waals surface area (Å²) in [6.45, 7) is 0.781. The van der Waals surface area contributed by atoms with Gasteiger partial charge in [0.1, 0.15) is 6.04 Å². The Morgan fingerprint density at radius 1 is 1.12 bits per heavy atom. The topological polar surface area (TPSA) is 200 Å². The highest BCUT2D eigenvalue weighted by Crippen LogP contribution is 1.99. The fourth-order valence-electron chi connectivity index (χ4n) is 1.05. The van der Waals surface area contributed by atoms with Gasteiger partial charge in [-0.1, -0.05) is 6.92 Å². The van der Waals surface area contributed by atoms with Crippen LogP contribution in [0.4, 0.5) is 4.79 Å². The third-order valence-electron chi connectivity index (χ3n) is 2.62. The molecule has 11 heteroatoms. The normalized spacial score (nSPS) is 11.7. The SMILES string of the molecule is CCCOC(=O)N[C@H](CCC(=O)O)C(=O)O.NC(CO)(CO)CO. The minimum Gasteiger partial charge on any atom is -0.481 e. The van der Waals surface area contributed by atoms with Crippen LogP contribution in [0, 0.1) is 0 Å². The van der Waals surface area contributed by atoms with Gasteiger partial charge in [-0.3, -0.25) is 4.79 Å². The fraction of sp³-hybridized carbons (Fsp3) is 0.769. The van der Waals surface area contributed by atoms with E-state index in [2.05, 4.69) is 10.1 Å². The molecule has 0 radical (unpaired) electrons. The first-order chi connectivity index (χ1) is 11.2. The number of alkyl carbamates (subject to hydrolysis) is 1. The summed E-state index contributed by atoms with van der Waals surface area (Å²) in [5.41, 5.74) is 3.94. The number of nitrogens with one attached hydrogen (secondary N) is 1. The predicted molar refractivity (Wildman–Crippen MR) is 81.2 cm³/mol. The summed E-state index contributed by atoms with van der Waals surface area (Å²) < 4.78 is 4.62. The monoisotopic (exact) mass is 354 g/mol. The molecule has 0 aliphatic rings. The molecule has 0 saturated carbocycles. The number of carbonyl (C=O) groups excluding carboxylic acids is 1. The van der Waals surface area contributed by atoms with Crippen LogP contribution in [0.5, 0.6) is 0 Å². The number of aliphatic hydroxyl groups is 3. The van der Waals surface area contributed by atoms with E-state index in [4.69, 9.17) is 31.3 Å². The number of nitrogens with two attached hydrogens (primary N) is 1. The van der Waals surface area contributed by atoms with E-state index in [9.17, 15) is 14.4 Å². The highest BCUT2D eigenvalue weighted by molar-refractivity contribution is 5.80. The molecule has 0 aliphatic heterocycles. The van der Waals surface area contributed by atoms with Crippen molar-refractivity contribution in [2.75, 3.05) is 26.4 Å². The van der Waals surface area contributed by atoms with Gasteiger partial charge in [-0.15, -0.1) is 0 Å². The summed E-state index contributed by atoms with van der Waals surface area (Å²) in [6.07, 6.45) is -0.725. The quantitative estimate of drug-likeness (QED) is 0.232. The average Bonchev–Trinajstić information content (AvgIpc) is 2.56. The number of amides is 1. The summed E-state index contributed by atoms with van der Waals surface area (Å²) in [4.78, 5) is 31.9. The maximum Gasteiger partial charge on any atom is 0.407 e. The van der Waals surface area contributed by atoms with Gasteiger partial charge in [0.2, 0.25) is 0 Å². The van der Waals surface area contributed by atoms with E-state index >= 15 is 0 Å². The first kappa shape index (κ1) is 24.3. The van der Waals surface area contributed by atoms with Crippen LogP contribution >= 0.6 is 0 Å². The van der Waals surface area contributed by atoms with E-state index in [1.165, 1.54) is 0 Å². The molecule has 0 heterocycles. The third kappa shape index (κ3) is 12.6. The Hall–Kier alpha value is -1.95. The van der Waals surface area contributed by atoms with Gasteiger partial charge in [-0.2, -0.15) is 0 Å². The van der Waals surface area contributed by atoms with Gasteiger partial charge in [-0.05, 0) is 12.8 Å². The van der Waals surface area contributed by atoms with Gasteiger partial charge in [0, 0.05) is 6.42 Å². The lowest BCUT2D eigenvalue weighted by atomic mass is 10.1. The standard InChI is InChI=1S/C9H15NO6.C4H11NO3/c1-2-5-16-9(15)10-6(8(13)14)3-4-7(11)12;5-4(1-6,2-7)3-8/h6H,2-5H2,1H3,(H,10,15)(H,11,12)(H,13,14);6-8H,1-3,5H2/t6-;/m1./s1. The molecule has 24 heavy (non-hydrogen) atoms. The highest BCUT2D eigenvalue weighted by Gasteiger charge is 2.21. The molecule has 0 aromatic rings. The summed E-state index contributed by atoms with van der Waals surface area (Å²) in [5, 5.41) is 44.2. The maximum atomic E-state index is 11.0. The van der Waals surface area contributed by atoms with E-state index < -0.39 is 49.4 Å². The van der Waals surface area contributed by atoms with Crippen molar-refractivity contribution in [1.82, 2.24) is 5.32 Å². The lowest BCUT2D eigenvalue weighted by Gasteiger charge is -2.20. The Morgan fingerprint density at radius 2 is 1.62 bits per heavy atom. The third-order valence-corrected chi connectivity index (χ3v) is 2.62. The van der Waals surface area contributed by atoms with Gasteiger partial charge in [-0.25, -0.2) is 9.59 Å². The maximum absolute atomic E-state index is 11.0. The summed E-state index contributed by atoms with van der Waals surface area (Å²) in [6, 6.07) is -1.24. The predicted octanol–water partition coefficient (Wildman–Crippen LogP) is -1.90. The highest BCUT2D eigenvalue weighted by atomic mass is 16.5. The first-order valence-corrected chi connectivity index (χ1v) is 7.15. The van der Waals surface area contributed by atoms with Crippen molar-refractivity contribution < 1.29 is 44.7 Å². The van der Waals surface area contributed by atoms with Crippen molar-refractivity contribution in [3.05, 3.63) is 0 Å². The van der Waals surface area contributed by atoms with Crippen LogP contribution in [-0.2, 0) is 14.3 Å². The lowest BCUT2D eigenvalue weighted by molar-refractivity contribution is -0.140. The van der Waals surface area contributed by atoms with Crippen LogP contribution in [0.15, 0.2) is 0 Å². The van der Waals surface area contributed by atoms with Crippen LogP contribution in [0.2, 0.25) is 0 Å². The van der Waals surface area contributed by atoms with Crippen molar-refractivity contribution in [3.8, 4) is 0 Å². The van der Waals surface area contributed by atoms with Crippen molar-refractivity contribution in [3.63, 3.8) is 0 Å². The van der Waals surface area contributed by atoms with Gasteiger partial charge in [0.05, 0.1) is 32.0 Å². The van der Waals surface area contributed by atoms with Crippen LogP contribution in [-0.4, -0.2) is 81.6 Å². The molecule has 0 rings (SSSR count). The Kier molecular flexibility index (Phi) is 13.7. The van der Waals surface area contributed by atoms with Crippen molar-refractivity contribution in [1.29, 1.82) is 0 Å². The van der Waals surface area contributed by atoms with E-state index in [0.717, 1.165) is 0 Å². The van der Waals surface area contributed by atoms with E-state index in [1.54, 1.807) is 6.92 Å². The molecule has 0 spiro atoms. The molecule has 0 saturated heterocycles. The molecule has 0 aromatic heterocycles. The Bertz CT molecular complexity index is 377. The van der Waals surface area contributed by atoms with Crippen LogP contribution < -0.4 is 11.1 Å². The fourth-order valence-corrected chi connectivity index (χ4v) is 1.05. The molecule has 142 valence electrons. The van der Waals surface area contributed by atoms with Gasteiger partial charge in [0.15, 0.2) is 0 Å².